The minimum Gasteiger partial charge on any atom is -0.250 e. The molecule has 0 atom stereocenters. The Morgan fingerprint density at radius 1 is 1.42 bits per heavy atom. The fourth-order valence-corrected chi connectivity index (χ4v) is 2.16. The minimum atomic E-state index is 0.214. The first-order valence-corrected chi connectivity index (χ1v) is 6.82. The number of benzene rings is 1. The first kappa shape index (κ1) is 14.2. The van der Waals surface area contributed by atoms with Crippen molar-refractivity contribution in [3.05, 3.63) is 44.4 Å². The molecule has 0 saturated heterocycles. The Hall–Kier alpha value is -1.17. The summed E-state index contributed by atoms with van der Waals surface area (Å²) in [5.74, 6) is 0.983. The van der Waals surface area contributed by atoms with Crippen molar-refractivity contribution in [1.82, 2.24) is 14.9 Å². The lowest BCUT2D eigenvalue weighted by atomic mass is 10.2. The molecular weight excluding hydrogens is 303 g/mol. The molecule has 0 radical (unpaired) electrons. The fourth-order valence-electron chi connectivity index (χ4n) is 1.52. The summed E-state index contributed by atoms with van der Waals surface area (Å²) in [7, 11) is 0. The largest absolute Gasteiger partial charge is 0.250 e. The third kappa shape index (κ3) is 3.23. The second-order valence-electron chi connectivity index (χ2n) is 4.26. The van der Waals surface area contributed by atoms with Crippen LogP contribution in [0.25, 0.3) is 0 Å². The summed E-state index contributed by atoms with van der Waals surface area (Å²) in [5, 5.41) is 12.3. The number of H-pyrrole nitrogens is 1. The van der Waals surface area contributed by atoms with Gasteiger partial charge in [0.2, 0.25) is 4.77 Å². The van der Waals surface area contributed by atoms with Gasteiger partial charge in [0.15, 0.2) is 5.82 Å². The molecule has 0 saturated carbocycles. The third-order valence-electron chi connectivity index (χ3n) is 2.47. The first-order chi connectivity index (χ1) is 8.99. The lowest BCUT2D eigenvalue weighted by Gasteiger charge is -2.03. The molecule has 0 fully saturated rings. The van der Waals surface area contributed by atoms with Crippen molar-refractivity contribution in [3.63, 3.8) is 0 Å². The number of aromatic nitrogens is 3. The third-order valence-corrected chi connectivity index (χ3v) is 3.29. The molecule has 0 aliphatic rings. The van der Waals surface area contributed by atoms with Crippen LogP contribution in [0.3, 0.4) is 0 Å². The average molecular weight is 315 g/mol. The van der Waals surface area contributed by atoms with Crippen LogP contribution in [-0.4, -0.2) is 21.1 Å². The van der Waals surface area contributed by atoms with Crippen LogP contribution in [0, 0.1) is 4.77 Å². The molecule has 0 aliphatic carbocycles. The van der Waals surface area contributed by atoms with E-state index in [2.05, 4.69) is 15.3 Å². The van der Waals surface area contributed by atoms with Gasteiger partial charge < -0.3 is 0 Å². The molecule has 100 valence electrons. The average Bonchev–Trinajstić information content (AvgIpc) is 2.70. The van der Waals surface area contributed by atoms with E-state index in [1.165, 1.54) is 0 Å². The van der Waals surface area contributed by atoms with E-state index >= 15 is 0 Å². The van der Waals surface area contributed by atoms with Crippen LogP contribution >= 0.6 is 35.4 Å². The molecule has 0 amide bonds. The lowest BCUT2D eigenvalue weighted by molar-refractivity contribution is 0.695. The number of halogens is 2. The molecular formula is C12H12Cl2N4S. The summed E-state index contributed by atoms with van der Waals surface area (Å²) < 4.78 is 2.04. The molecule has 2 rings (SSSR count). The normalized spacial score (nSPS) is 11.6. The van der Waals surface area contributed by atoms with Crippen LogP contribution in [0.5, 0.6) is 0 Å². The van der Waals surface area contributed by atoms with Crippen LogP contribution in [0.2, 0.25) is 10.0 Å². The predicted molar refractivity (Wildman–Crippen MR) is 81.0 cm³/mol. The van der Waals surface area contributed by atoms with Crippen molar-refractivity contribution in [2.75, 3.05) is 0 Å². The number of hydrogen-bond acceptors (Lipinski definition) is 3. The highest BCUT2D eigenvalue weighted by atomic mass is 35.5. The Labute approximate surface area is 126 Å². The van der Waals surface area contributed by atoms with Crippen LogP contribution in [-0.2, 0) is 0 Å². The molecule has 1 aromatic heterocycles. The van der Waals surface area contributed by atoms with Gasteiger partial charge in [0, 0.05) is 16.5 Å². The van der Waals surface area contributed by atoms with E-state index in [0.717, 1.165) is 11.4 Å². The highest BCUT2D eigenvalue weighted by molar-refractivity contribution is 7.71. The lowest BCUT2D eigenvalue weighted by Crippen LogP contribution is -2.01. The van der Waals surface area contributed by atoms with Gasteiger partial charge in [-0.2, -0.15) is 14.9 Å². The molecule has 1 heterocycles. The maximum atomic E-state index is 6.08. The highest BCUT2D eigenvalue weighted by Gasteiger charge is 2.08. The zero-order valence-corrected chi connectivity index (χ0v) is 12.7. The summed E-state index contributed by atoms with van der Waals surface area (Å²) in [6, 6.07) is 5.22. The summed E-state index contributed by atoms with van der Waals surface area (Å²) in [5.41, 5.74) is 0.767. The van der Waals surface area contributed by atoms with Crippen LogP contribution in [0.4, 0.5) is 0 Å². The standard InChI is InChI=1S/C12H12Cl2N4S/c1-7(2)11-16-17-12(19)18(11)15-6-8-3-4-9(13)5-10(8)14/h3-7H,1-2H3,(H,17,19)/b15-6-. The van der Waals surface area contributed by atoms with Crippen molar-refractivity contribution in [2.24, 2.45) is 5.10 Å². The van der Waals surface area contributed by atoms with Crippen molar-refractivity contribution >= 4 is 41.6 Å². The Balaban J connectivity index is 2.38. The first-order valence-electron chi connectivity index (χ1n) is 5.65. The van der Waals surface area contributed by atoms with E-state index in [0.29, 0.717) is 14.8 Å². The van der Waals surface area contributed by atoms with Crippen molar-refractivity contribution in [2.45, 2.75) is 19.8 Å². The summed E-state index contributed by atoms with van der Waals surface area (Å²) in [6.45, 7) is 4.04. The quantitative estimate of drug-likeness (QED) is 0.680. The predicted octanol–water partition coefficient (Wildman–Crippen LogP) is 4.25. The van der Waals surface area contributed by atoms with Gasteiger partial charge in [-0.05, 0) is 24.4 Å². The summed E-state index contributed by atoms with van der Waals surface area (Å²) in [6.07, 6.45) is 1.63. The second kappa shape index (κ2) is 5.86. The van der Waals surface area contributed by atoms with Crippen LogP contribution in [0.15, 0.2) is 23.3 Å². The molecule has 0 unspecified atom stereocenters. The van der Waals surface area contributed by atoms with Gasteiger partial charge in [-0.25, -0.2) is 0 Å². The van der Waals surface area contributed by atoms with Gasteiger partial charge in [-0.1, -0.05) is 43.1 Å². The van der Waals surface area contributed by atoms with E-state index in [-0.39, 0.29) is 5.92 Å². The second-order valence-corrected chi connectivity index (χ2v) is 5.49. The van der Waals surface area contributed by atoms with E-state index in [4.69, 9.17) is 35.4 Å². The molecule has 2 aromatic rings. The zero-order valence-electron chi connectivity index (χ0n) is 10.4. The maximum Gasteiger partial charge on any atom is 0.216 e. The molecule has 7 heteroatoms. The highest BCUT2D eigenvalue weighted by Crippen LogP contribution is 2.19. The SMILES string of the molecule is CC(C)c1n[nH]c(=S)n1/N=C\c1ccc(Cl)cc1Cl. The molecule has 19 heavy (non-hydrogen) atoms. The van der Waals surface area contributed by atoms with Crippen molar-refractivity contribution in [3.8, 4) is 0 Å². The molecule has 0 bridgehead atoms. The number of nitrogens with zero attached hydrogens (tertiary/aromatic N) is 3. The Morgan fingerprint density at radius 3 is 2.79 bits per heavy atom. The van der Waals surface area contributed by atoms with Gasteiger partial charge >= 0.3 is 0 Å². The maximum absolute atomic E-state index is 6.08. The number of rotatable bonds is 3. The van der Waals surface area contributed by atoms with Crippen molar-refractivity contribution < 1.29 is 0 Å². The van der Waals surface area contributed by atoms with Gasteiger partial charge in [0.1, 0.15) is 0 Å². The summed E-state index contributed by atoms with van der Waals surface area (Å²) in [4.78, 5) is 0. The molecule has 0 aliphatic heterocycles. The zero-order chi connectivity index (χ0) is 14.0. The fraction of sp³-hybridized carbons (Fsp3) is 0.250. The Morgan fingerprint density at radius 2 is 2.16 bits per heavy atom. The molecule has 1 aromatic carbocycles. The van der Waals surface area contributed by atoms with Crippen molar-refractivity contribution in [1.29, 1.82) is 0 Å². The van der Waals surface area contributed by atoms with E-state index in [1.807, 2.05) is 13.8 Å². The minimum absolute atomic E-state index is 0.214. The number of nitrogens with one attached hydrogen (secondary N) is 1. The monoisotopic (exact) mass is 314 g/mol. The smallest absolute Gasteiger partial charge is 0.216 e. The van der Waals surface area contributed by atoms with E-state index in [9.17, 15) is 0 Å². The number of aromatic amines is 1. The molecule has 0 spiro atoms. The summed E-state index contributed by atoms with van der Waals surface area (Å²) >= 11 is 17.1. The van der Waals surface area contributed by atoms with Gasteiger partial charge in [-0.15, -0.1) is 0 Å². The topological polar surface area (TPSA) is 46.0 Å². The number of hydrogen-bond donors (Lipinski definition) is 1. The van der Waals surface area contributed by atoms with E-state index in [1.54, 1.807) is 29.1 Å². The Kier molecular flexibility index (Phi) is 4.39. The van der Waals surface area contributed by atoms with E-state index < -0.39 is 0 Å². The van der Waals surface area contributed by atoms with Crippen LogP contribution < -0.4 is 0 Å². The molecule has 1 N–H and O–H groups in total. The molecule has 4 nitrogen and oxygen atoms in total. The van der Waals surface area contributed by atoms with Gasteiger partial charge in [0.05, 0.1) is 11.2 Å². The van der Waals surface area contributed by atoms with Gasteiger partial charge in [0.25, 0.3) is 0 Å². The van der Waals surface area contributed by atoms with Gasteiger partial charge in [-0.3, -0.25) is 5.10 Å². The Bertz CT molecular complexity index is 673. The van der Waals surface area contributed by atoms with Crippen LogP contribution in [0.1, 0.15) is 31.2 Å².